The molecule has 0 bridgehead atoms. The maximum absolute atomic E-state index is 12.1. The smallest absolute Gasteiger partial charge is 0.243 e. The normalized spacial score (nSPS) is 10.2. The standard InChI is InChI=1S/C16H18ClN3O/c1-11-3-6-13(7-4-11)20(2)10-16(21)19-15-8-5-12(17)9-14(15)18/h3-9H,10,18H2,1-2H3,(H,19,21). The second-order valence-corrected chi connectivity index (χ2v) is 5.41. The van der Waals surface area contributed by atoms with Gasteiger partial charge in [0, 0.05) is 17.8 Å². The third kappa shape index (κ3) is 4.13. The van der Waals surface area contributed by atoms with Crippen LogP contribution in [0.1, 0.15) is 5.56 Å². The van der Waals surface area contributed by atoms with Gasteiger partial charge in [-0.3, -0.25) is 4.79 Å². The van der Waals surface area contributed by atoms with Gasteiger partial charge in [0.2, 0.25) is 5.91 Å². The van der Waals surface area contributed by atoms with Gasteiger partial charge in [-0.15, -0.1) is 0 Å². The number of aryl methyl sites for hydroxylation is 1. The first-order valence-electron chi connectivity index (χ1n) is 6.58. The summed E-state index contributed by atoms with van der Waals surface area (Å²) in [5.74, 6) is -0.132. The second kappa shape index (κ2) is 6.50. The van der Waals surface area contributed by atoms with Crippen molar-refractivity contribution < 1.29 is 4.79 Å². The number of halogens is 1. The van der Waals surface area contributed by atoms with Crippen molar-refractivity contribution in [1.82, 2.24) is 0 Å². The largest absolute Gasteiger partial charge is 0.397 e. The van der Waals surface area contributed by atoms with Crippen molar-refractivity contribution >= 4 is 34.6 Å². The van der Waals surface area contributed by atoms with Crippen molar-refractivity contribution in [2.75, 3.05) is 29.5 Å². The molecule has 0 aliphatic heterocycles. The molecule has 110 valence electrons. The first-order valence-corrected chi connectivity index (χ1v) is 6.96. The fourth-order valence-corrected chi connectivity index (χ4v) is 2.12. The summed E-state index contributed by atoms with van der Waals surface area (Å²) in [5.41, 5.74) is 9.01. The number of anilines is 3. The molecule has 21 heavy (non-hydrogen) atoms. The number of rotatable bonds is 4. The molecule has 0 atom stereocenters. The molecule has 0 aliphatic rings. The molecule has 2 aromatic carbocycles. The first-order chi connectivity index (χ1) is 9.95. The zero-order valence-corrected chi connectivity index (χ0v) is 12.8. The fraction of sp³-hybridized carbons (Fsp3) is 0.188. The zero-order chi connectivity index (χ0) is 15.4. The number of hydrogen-bond acceptors (Lipinski definition) is 3. The Morgan fingerprint density at radius 1 is 1.24 bits per heavy atom. The Balaban J connectivity index is 1.99. The number of benzene rings is 2. The predicted octanol–water partition coefficient (Wildman–Crippen LogP) is 3.31. The summed E-state index contributed by atoms with van der Waals surface area (Å²) in [5, 5.41) is 3.33. The Bertz CT molecular complexity index is 640. The van der Waals surface area contributed by atoms with Gasteiger partial charge in [-0.25, -0.2) is 0 Å². The molecule has 0 saturated heterocycles. The molecule has 0 aliphatic carbocycles. The monoisotopic (exact) mass is 303 g/mol. The fourth-order valence-electron chi connectivity index (χ4n) is 1.94. The van der Waals surface area contributed by atoms with Crippen LogP contribution >= 0.6 is 11.6 Å². The quantitative estimate of drug-likeness (QED) is 0.852. The SMILES string of the molecule is Cc1ccc(N(C)CC(=O)Nc2ccc(Cl)cc2N)cc1. The molecule has 1 amide bonds. The minimum atomic E-state index is -0.132. The molecule has 4 nitrogen and oxygen atoms in total. The number of nitrogen functional groups attached to an aromatic ring is 1. The Kier molecular flexibility index (Phi) is 4.70. The van der Waals surface area contributed by atoms with Crippen molar-refractivity contribution in [2.45, 2.75) is 6.92 Å². The van der Waals surface area contributed by atoms with Crippen molar-refractivity contribution in [1.29, 1.82) is 0 Å². The Hall–Kier alpha value is -2.20. The minimum absolute atomic E-state index is 0.132. The summed E-state index contributed by atoms with van der Waals surface area (Å²) < 4.78 is 0. The van der Waals surface area contributed by atoms with E-state index in [1.807, 2.05) is 43.1 Å². The molecule has 0 heterocycles. The molecule has 0 saturated carbocycles. The summed E-state index contributed by atoms with van der Waals surface area (Å²) in [7, 11) is 1.87. The van der Waals surface area contributed by atoms with E-state index in [2.05, 4.69) is 5.32 Å². The molecule has 3 N–H and O–H groups in total. The van der Waals surface area contributed by atoms with Gasteiger partial charge >= 0.3 is 0 Å². The molecule has 0 radical (unpaired) electrons. The van der Waals surface area contributed by atoms with Crippen LogP contribution in [0.15, 0.2) is 42.5 Å². The highest BCUT2D eigenvalue weighted by molar-refractivity contribution is 6.31. The average molecular weight is 304 g/mol. The van der Waals surface area contributed by atoms with Gasteiger partial charge < -0.3 is 16.0 Å². The molecule has 5 heteroatoms. The molecule has 2 rings (SSSR count). The Morgan fingerprint density at radius 3 is 2.52 bits per heavy atom. The summed E-state index contributed by atoms with van der Waals surface area (Å²) >= 11 is 5.83. The van der Waals surface area contributed by atoms with E-state index in [1.165, 1.54) is 5.56 Å². The van der Waals surface area contributed by atoms with E-state index in [0.29, 0.717) is 16.4 Å². The van der Waals surface area contributed by atoms with Crippen LogP contribution in [0, 0.1) is 6.92 Å². The van der Waals surface area contributed by atoms with Gasteiger partial charge in [0.05, 0.1) is 17.9 Å². The van der Waals surface area contributed by atoms with Crippen LogP contribution < -0.4 is 16.0 Å². The summed E-state index contributed by atoms with van der Waals surface area (Å²) in [4.78, 5) is 13.9. The maximum atomic E-state index is 12.1. The van der Waals surface area contributed by atoms with Gasteiger partial charge in [0.15, 0.2) is 0 Å². The third-order valence-corrected chi connectivity index (χ3v) is 3.38. The predicted molar refractivity (Wildman–Crippen MR) is 88.9 cm³/mol. The number of nitrogens with two attached hydrogens (primary N) is 1. The highest BCUT2D eigenvalue weighted by atomic mass is 35.5. The summed E-state index contributed by atoms with van der Waals surface area (Å²) in [6.07, 6.45) is 0. The number of nitrogens with zero attached hydrogens (tertiary/aromatic N) is 1. The van der Waals surface area contributed by atoms with Gasteiger partial charge in [-0.05, 0) is 37.3 Å². The van der Waals surface area contributed by atoms with E-state index in [9.17, 15) is 4.79 Å². The van der Waals surface area contributed by atoms with Gasteiger partial charge in [-0.1, -0.05) is 29.3 Å². The lowest BCUT2D eigenvalue weighted by Crippen LogP contribution is -2.30. The first kappa shape index (κ1) is 15.2. The second-order valence-electron chi connectivity index (χ2n) is 4.97. The zero-order valence-electron chi connectivity index (χ0n) is 12.1. The molecule has 0 spiro atoms. The highest BCUT2D eigenvalue weighted by Crippen LogP contribution is 2.22. The minimum Gasteiger partial charge on any atom is -0.397 e. The lowest BCUT2D eigenvalue weighted by atomic mass is 10.2. The van der Waals surface area contributed by atoms with E-state index >= 15 is 0 Å². The lowest BCUT2D eigenvalue weighted by molar-refractivity contribution is -0.114. The number of amides is 1. The number of likely N-dealkylation sites (N-methyl/N-ethyl adjacent to an activating group) is 1. The highest BCUT2D eigenvalue weighted by Gasteiger charge is 2.09. The van der Waals surface area contributed by atoms with Crippen molar-refractivity contribution in [3.8, 4) is 0 Å². The molecule has 0 unspecified atom stereocenters. The van der Waals surface area contributed by atoms with Crippen LogP contribution in [0.25, 0.3) is 0 Å². The van der Waals surface area contributed by atoms with Crippen LogP contribution in [-0.4, -0.2) is 19.5 Å². The number of nitrogens with one attached hydrogen (secondary N) is 1. The number of hydrogen-bond donors (Lipinski definition) is 2. The Labute approximate surface area is 129 Å². The van der Waals surface area contributed by atoms with Crippen molar-refractivity contribution in [2.24, 2.45) is 0 Å². The van der Waals surface area contributed by atoms with Crippen LogP contribution in [0.2, 0.25) is 5.02 Å². The molecule has 0 aromatic heterocycles. The Morgan fingerprint density at radius 2 is 1.90 bits per heavy atom. The molecular formula is C16H18ClN3O. The van der Waals surface area contributed by atoms with Crippen LogP contribution in [0.3, 0.4) is 0 Å². The molecule has 2 aromatic rings. The maximum Gasteiger partial charge on any atom is 0.243 e. The van der Waals surface area contributed by atoms with Gasteiger partial charge in [-0.2, -0.15) is 0 Å². The average Bonchev–Trinajstić information content (AvgIpc) is 2.42. The van der Waals surface area contributed by atoms with E-state index in [0.717, 1.165) is 5.69 Å². The van der Waals surface area contributed by atoms with Crippen LogP contribution in [0.4, 0.5) is 17.1 Å². The van der Waals surface area contributed by atoms with Gasteiger partial charge in [0.25, 0.3) is 0 Å². The van der Waals surface area contributed by atoms with Crippen LogP contribution in [0.5, 0.6) is 0 Å². The van der Waals surface area contributed by atoms with E-state index in [-0.39, 0.29) is 12.5 Å². The third-order valence-electron chi connectivity index (χ3n) is 3.14. The molecule has 0 fully saturated rings. The summed E-state index contributed by atoms with van der Waals surface area (Å²) in [6, 6.07) is 13.0. The topological polar surface area (TPSA) is 58.4 Å². The number of carbonyl (C=O) groups is 1. The van der Waals surface area contributed by atoms with E-state index < -0.39 is 0 Å². The van der Waals surface area contributed by atoms with E-state index in [1.54, 1.807) is 18.2 Å². The lowest BCUT2D eigenvalue weighted by Gasteiger charge is -2.19. The number of carbonyl (C=O) groups excluding carboxylic acids is 1. The summed E-state index contributed by atoms with van der Waals surface area (Å²) in [6.45, 7) is 2.27. The van der Waals surface area contributed by atoms with Gasteiger partial charge in [0.1, 0.15) is 0 Å². The molecular weight excluding hydrogens is 286 g/mol. The van der Waals surface area contributed by atoms with Crippen molar-refractivity contribution in [3.05, 3.63) is 53.1 Å². The van der Waals surface area contributed by atoms with Crippen LogP contribution in [-0.2, 0) is 4.79 Å². The van der Waals surface area contributed by atoms with Crippen molar-refractivity contribution in [3.63, 3.8) is 0 Å². The van der Waals surface area contributed by atoms with E-state index in [4.69, 9.17) is 17.3 Å².